The van der Waals surface area contributed by atoms with Crippen molar-refractivity contribution < 1.29 is 51.9 Å². The number of hydrogen-bond acceptors (Lipinski definition) is 11. The molecule has 3 aliphatic carbocycles. The van der Waals surface area contributed by atoms with E-state index in [0.29, 0.717) is 43.7 Å². The SMILES string of the molecule is CC[C@H]1CCC[C@H](O[C@H]2CC[C@H](N(C)C)C(C)O2)[C@@H](C)C(=O)C2=C[C@@H]3[C@@H](C(c4ccc(F)cc4)C=C4C[C@@H](O[C@@H]5OC(C)[C@H](OC)C(OC)[C@@H]5OC)C[C@H]43)[C@@H]2CC(=O)O1. The zero-order chi connectivity index (χ0) is 42.1. The normalized spacial score (nSPS) is 41.8. The van der Waals surface area contributed by atoms with Gasteiger partial charge in [-0.3, -0.25) is 9.59 Å². The summed E-state index contributed by atoms with van der Waals surface area (Å²) < 4.78 is 64.5. The molecule has 11 nitrogen and oxygen atoms in total. The van der Waals surface area contributed by atoms with Crippen molar-refractivity contribution in [2.75, 3.05) is 35.4 Å². The summed E-state index contributed by atoms with van der Waals surface area (Å²) in [6.45, 7) is 8.08. The molecule has 0 aromatic heterocycles. The van der Waals surface area contributed by atoms with Gasteiger partial charge in [0.1, 0.15) is 30.2 Å². The van der Waals surface area contributed by atoms with Crippen LogP contribution in [0.3, 0.4) is 0 Å². The number of esters is 1. The molecule has 3 saturated heterocycles. The Morgan fingerprint density at radius 2 is 1.54 bits per heavy atom. The van der Waals surface area contributed by atoms with Crippen LogP contribution in [-0.4, -0.2) is 120 Å². The Hall–Kier alpha value is -2.55. The molecule has 7 rings (SSSR count). The summed E-state index contributed by atoms with van der Waals surface area (Å²) in [5.74, 6) is -1.71. The van der Waals surface area contributed by atoms with E-state index in [-0.39, 0.29) is 90.4 Å². The third-order valence-corrected chi connectivity index (χ3v) is 14.5. The van der Waals surface area contributed by atoms with Gasteiger partial charge in [-0.15, -0.1) is 0 Å². The second kappa shape index (κ2) is 19.2. The lowest BCUT2D eigenvalue weighted by Crippen LogP contribution is -2.59. The molecule has 4 fully saturated rings. The van der Waals surface area contributed by atoms with Crippen LogP contribution in [0.25, 0.3) is 0 Å². The molecule has 3 heterocycles. The highest BCUT2D eigenvalue weighted by Crippen LogP contribution is 2.59. The maximum atomic E-state index is 15.1. The number of hydrogen-bond donors (Lipinski definition) is 0. The Kier molecular flexibility index (Phi) is 14.5. The van der Waals surface area contributed by atoms with Crippen molar-refractivity contribution in [1.82, 2.24) is 4.90 Å². The summed E-state index contributed by atoms with van der Waals surface area (Å²) in [4.78, 5) is 31.2. The molecule has 0 radical (unpaired) electrons. The van der Waals surface area contributed by atoms with E-state index < -0.39 is 30.5 Å². The monoisotopic (exact) mass is 825 g/mol. The average molecular weight is 826 g/mol. The Morgan fingerprint density at radius 1 is 0.814 bits per heavy atom. The number of rotatable bonds is 10. The summed E-state index contributed by atoms with van der Waals surface area (Å²) in [6.07, 6.45) is 7.13. The van der Waals surface area contributed by atoms with Crippen molar-refractivity contribution in [2.45, 2.75) is 159 Å². The highest BCUT2D eigenvalue weighted by Gasteiger charge is 2.54. The Balaban J connectivity index is 1.21. The number of methoxy groups -OCH3 is 3. The summed E-state index contributed by atoms with van der Waals surface area (Å²) in [6, 6.07) is 6.98. The van der Waals surface area contributed by atoms with Crippen LogP contribution in [0.5, 0.6) is 0 Å². The molecule has 1 aromatic carbocycles. The standard InChI is InChI=1S/C47H68FNO10/c1-10-31-12-11-13-39(59-41-19-18-38(49(5)6)26(3)55-41)25(2)43(51)37-23-35-33-22-32(58-47-46(54-9)45(53-8)44(52-7)27(4)56-47)20-29(33)21-34(28-14-16-30(48)17-15-28)42(35)36(37)24-40(50)57-31/h14-17,21,23,25-27,31-36,38-39,41-42,44-47H,10-13,18-20,22,24H2,1-9H3/t25-,26?,27?,31+,32-,33-,34?,35+,36-,38+,39+,41+,42-,44+,45?,46+,47+/m1/s1. The van der Waals surface area contributed by atoms with Gasteiger partial charge in [0.25, 0.3) is 0 Å². The van der Waals surface area contributed by atoms with Crippen LogP contribution in [0, 0.1) is 35.4 Å². The first-order valence-electron chi connectivity index (χ1n) is 22.1. The lowest BCUT2D eigenvalue weighted by Gasteiger charge is -2.44. The fourth-order valence-corrected chi connectivity index (χ4v) is 11.5. The summed E-state index contributed by atoms with van der Waals surface area (Å²) in [5.41, 5.74) is 2.88. The molecule has 328 valence electrons. The van der Waals surface area contributed by atoms with E-state index in [4.69, 9.17) is 37.9 Å². The first kappa shape index (κ1) is 44.5. The zero-order valence-electron chi connectivity index (χ0n) is 36.6. The average Bonchev–Trinajstić information content (AvgIpc) is 3.79. The molecule has 6 aliphatic rings. The molecule has 0 amide bonds. The van der Waals surface area contributed by atoms with E-state index in [1.807, 2.05) is 26.0 Å². The van der Waals surface area contributed by atoms with Crippen LogP contribution in [-0.2, 0) is 47.5 Å². The molecule has 1 aromatic rings. The molecule has 0 N–H and O–H groups in total. The maximum absolute atomic E-state index is 15.1. The van der Waals surface area contributed by atoms with Gasteiger partial charge in [-0.05, 0) is 120 Å². The van der Waals surface area contributed by atoms with Crippen LogP contribution < -0.4 is 0 Å². The number of nitrogens with zero attached hydrogens (tertiary/aromatic N) is 1. The van der Waals surface area contributed by atoms with E-state index >= 15 is 4.79 Å². The highest BCUT2D eigenvalue weighted by atomic mass is 19.1. The Morgan fingerprint density at radius 3 is 2.20 bits per heavy atom. The smallest absolute Gasteiger partial charge is 0.306 e. The highest BCUT2D eigenvalue weighted by molar-refractivity contribution is 5.99. The largest absolute Gasteiger partial charge is 0.462 e. The van der Waals surface area contributed by atoms with Crippen molar-refractivity contribution >= 4 is 11.8 Å². The van der Waals surface area contributed by atoms with Gasteiger partial charge in [-0.2, -0.15) is 0 Å². The number of likely N-dealkylation sites (N-methyl/N-ethyl adjacent to an activating group) is 1. The molecule has 3 aliphatic heterocycles. The van der Waals surface area contributed by atoms with Crippen LogP contribution >= 0.6 is 0 Å². The van der Waals surface area contributed by atoms with Crippen molar-refractivity contribution in [1.29, 1.82) is 0 Å². The van der Waals surface area contributed by atoms with Gasteiger partial charge in [0.05, 0.1) is 30.8 Å². The van der Waals surface area contributed by atoms with Gasteiger partial charge >= 0.3 is 5.97 Å². The number of ether oxygens (including phenoxy) is 8. The fraction of sp³-hybridized carbons (Fsp3) is 0.745. The van der Waals surface area contributed by atoms with Crippen molar-refractivity contribution in [3.63, 3.8) is 0 Å². The molecular formula is C47H68FNO10. The maximum Gasteiger partial charge on any atom is 0.306 e. The summed E-state index contributed by atoms with van der Waals surface area (Å²) >= 11 is 0. The van der Waals surface area contributed by atoms with Crippen LogP contribution in [0.2, 0.25) is 0 Å². The minimum Gasteiger partial charge on any atom is -0.462 e. The third kappa shape index (κ3) is 9.31. The number of halogens is 1. The minimum atomic E-state index is -0.678. The summed E-state index contributed by atoms with van der Waals surface area (Å²) in [7, 11) is 9.07. The van der Waals surface area contributed by atoms with Crippen LogP contribution in [0.4, 0.5) is 4.39 Å². The van der Waals surface area contributed by atoms with Gasteiger partial charge in [0.2, 0.25) is 0 Å². The number of Topliss-reactive ketones (excluding diaryl/α,β-unsaturated/α-hetero) is 1. The first-order valence-corrected chi connectivity index (χ1v) is 22.1. The molecule has 0 bridgehead atoms. The van der Waals surface area contributed by atoms with E-state index in [2.05, 4.69) is 45.0 Å². The van der Waals surface area contributed by atoms with Gasteiger partial charge in [-0.25, -0.2) is 4.39 Å². The number of fused-ring (bicyclic) bond motifs is 5. The molecule has 59 heavy (non-hydrogen) atoms. The summed E-state index contributed by atoms with van der Waals surface area (Å²) in [5, 5.41) is 0. The Labute approximate surface area is 350 Å². The number of cyclic esters (lactones) is 1. The van der Waals surface area contributed by atoms with E-state index in [1.54, 1.807) is 21.3 Å². The number of ketones is 1. The van der Waals surface area contributed by atoms with E-state index in [0.717, 1.165) is 24.8 Å². The predicted molar refractivity (Wildman–Crippen MR) is 219 cm³/mol. The lowest BCUT2D eigenvalue weighted by atomic mass is 9.64. The quantitative estimate of drug-likeness (QED) is 0.177. The topological polar surface area (TPSA) is 111 Å². The van der Waals surface area contributed by atoms with E-state index in [9.17, 15) is 9.18 Å². The van der Waals surface area contributed by atoms with Gasteiger partial charge in [-0.1, -0.05) is 43.7 Å². The van der Waals surface area contributed by atoms with Gasteiger partial charge in [0.15, 0.2) is 18.4 Å². The molecule has 4 unspecified atom stereocenters. The van der Waals surface area contributed by atoms with Crippen molar-refractivity contribution in [3.8, 4) is 0 Å². The molecule has 0 spiro atoms. The molecule has 12 heteroatoms. The molecule has 1 saturated carbocycles. The van der Waals surface area contributed by atoms with Gasteiger partial charge < -0.3 is 42.8 Å². The van der Waals surface area contributed by atoms with Gasteiger partial charge in [0, 0.05) is 45.1 Å². The third-order valence-electron chi connectivity index (χ3n) is 14.5. The van der Waals surface area contributed by atoms with E-state index in [1.165, 1.54) is 17.7 Å². The van der Waals surface area contributed by atoms with Crippen molar-refractivity contribution in [3.05, 3.63) is 58.9 Å². The zero-order valence-corrected chi connectivity index (χ0v) is 36.6. The van der Waals surface area contributed by atoms with Crippen LogP contribution in [0.1, 0.15) is 97.0 Å². The number of carbonyl (C=O) groups excluding carboxylic acids is 2. The number of allylic oxidation sites excluding steroid dienone is 3. The first-order chi connectivity index (χ1) is 28.3. The minimum absolute atomic E-state index is 0.00335. The number of carbonyl (C=O) groups is 2. The predicted octanol–water partition coefficient (Wildman–Crippen LogP) is 7.16. The second-order valence-corrected chi connectivity index (χ2v) is 18.2. The number of benzene rings is 1. The molecule has 17 atom stereocenters. The Bertz CT molecular complexity index is 1670. The lowest BCUT2D eigenvalue weighted by molar-refractivity contribution is -0.314. The van der Waals surface area contributed by atoms with Crippen molar-refractivity contribution in [2.24, 2.45) is 29.6 Å². The fourth-order valence-electron chi connectivity index (χ4n) is 11.5. The molecular weight excluding hydrogens is 758 g/mol. The van der Waals surface area contributed by atoms with Crippen LogP contribution in [0.15, 0.2) is 47.6 Å². The second-order valence-electron chi connectivity index (χ2n) is 18.2.